The number of nitrogens with zero attached hydrogens (tertiary/aromatic N) is 1. The van der Waals surface area contributed by atoms with Gasteiger partial charge in [0.25, 0.3) is 5.91 Å². The zero-order chi connectivity index (χ0) is 35.8. The molecule has 1 heterocycles. The average Bonchev–Trinajstić information content (AvgIpc) is 3.40. The van der Waals surface area contributed by atoms with Crippen molar-refractivity contribution in [3.8, 4) is 0 Å². The number of aliphatic carboxylic acids is 1. The highest BCUT2D eigenvalue weighted by molar-refractivity contribution is 7.92. The van der Waals surface area contributed by atoms with Gasteiger partial charge in [0.15, 0.2) is 15.5 Å². The summed E-state index contributed by atoms with van der Waals surface area (Å²) in [5.74, 6) is -4.39. The van der Waals surface area contributed by atoms with Crippen molar-refractivity contribution in [1.29, 1.82) is 0 Å². The minimum atomic E-state index is -6.42. The molecule has 2 aromatic carbocycles. The van der Waals surface area contributed by atoms with Crippen LogP contribution in [0.4, 0.5) is 39.5 Å². The Balaban J connectivity index is 1.68. The number of rotatable bonds is 6. The van der Waals surface area contributed by atoms with E-state index in [0.29, 0.717) is 12.1 Å². The van der Waals surface area contributed by atoms with Crippen molar-refractivity contribution < 1.29 is 62.6 Å². The molecule has 0 spiro atoms. The molecule has 1 saturated carbocycles. The number of carbonyl (C=O) groups is 2. The van der Waals surface area contributed by atoms with Gasteiger partial charge in [-0.2, -0.15) is 26.3 Å². The van der Waals surface area contributed by atoms with E-state index in [1.54, 1.807) is 13.8 Å². The zero-order valence-electron chi connectivity index (χ0n) is 25.7. The van der Waals surface area contributed by atoms with E-state index in [9.17, 15) is 53.8 Å². The molecule has 48 heavy (non-hydrogen) atoms. The lowest BCUT2D eigenvalue weighted by Crippen LogP contribution is -2.56. The monoisotopic (exact) mass is 713 g/mol. The molecule has 1 aliphatic heterocycles. The Morgan fingerprint density at radius 1 is 0.917 bits per heavy atom. The van der Waals surface area contributed by atoms with E-state index in [4.69, 9.17) is 0 Å². The number of halogens is 9. The van der Waals surface area contributed by atoms with Crippen molar-refractivity contribution in [3.63, 3.8) is 0 Å². The van der Waals surface area contributed by atoms with Crippen LogP contribution in [0.25, 0.3) is 0 Å². The van der Waals surface area contributed by atoms with Crippen LogP contribution < -0.4 is 0 Å². The summed E-state index contributed by atoms with van der Waals surface area (Å²) in [4.78, 5) is 25.8. The molecule has 0 bridgehead atoms. The Bertz CT molecular complexity index is 1720. The van der Waals surface area contributed by atoms with Gasteiger partial charge in [0, 0.05) is 12.1 Å². The first-order chi connectivity index (χ1) is 22.0. The lowest BCUT2D eigenvalue weighted by atomic mass is 9.76. The van der Waals surface area contributed by atoms with Gasteiger partial charge >= 0.3 is 24.0 Å². The van der Waals surface area contributed by atoms with Crippen LogP contribution in [0.5, 0.6) is 0 Å². The Hall–Kier alpha value is -3.30. The fraction of sp³-hybridized carbons (Fsp3) is 0.562. The number of carboxylic acids is 1. The molecule has 2 atom stereocenters. The Kier molecular flexibility index (Phi) is 8.74. The van der Waals surface area contributed by atoms with Gasteiger partial charge in [-0.1, -0.05) is 32.0 Å². The lowest BCUT2D eigenvalue weighted by Gasteiger charge is -2.44. The first-order valence-corrected chi connectivity index (χ1v) is 16.7. The van der Waals surface area contributed by atoms with Gasteiger partial charge < -0.3 is 10.0 Å². The van der Waals surface area contributed by atoms with Gasteiger partial charge in [-0.25, -0.2) is 21.6 Å². The highest BCUT2D eigenvalue weighted by Crippen LogP contribution is 2.57. The molecule has 2 unspecified atom stereocenters. The molecule has 6 nitrogen and oxygen atoms in total. The first kappa shape index (κ1) is 36.0. The fourth-order valence-electron chi connectivity index (χ4n) is 7.61. The summed E-state index contributed by atoms with van der Waals surface area (Å²) in [6.45, 7) is 2.80. The second-order valence-corrected chi connectivity index (χ2v) is 15.3. The quantitative estimate of drug-likeness (QED) is 0.248. The number of benzene rings is 2. The number of hydrogen-bond acceptors (Lipinski definition) is 4. The summed E-state index contributed by atoms with van der Waals surface area (Å²) in [6.07, 6.45) is -15.3. The van der Waals surface area contributed by atoms with E-state index in [2.05, 4.69) is 0 Å². The van der Waals surface area contributed by atoms with Crippen LogP contribution >= 0.6 is 0 Å². The van der Waals surface area contributed by atoms with Gasteiger partial charge in [0.2, 0.25) is 0 Å². The summed E-state index contributed by atoms with van der Waals surface area (Å²) in [5.41, 5.74) is -10.8. The molecule has 1 amide bonds. The van der Waals surface area contributed by atoms with Crippen LogP contribution in [0, 0.1) is 11.7 Å². The van der Waals surface area contributed by atoms with Crippen molar-refractivity contribution in [1.82, 2.24) is 4.90 Å². The molecular weight excluding hydrogens is 681 g/mol. The molecule has 16 heteroatoms. The number of sulfone groups is 1. The van der Waals surface area contributed by atoms with Crippen LogP contribution in [-0.2, 0) is 36.3 Å². The van der Waals surface area contributed by atoms with Crippen LogP contribution in [0.2, 0.25) is 0 Å². The van der Waals surface area contributed by atoms with E-state index in [1.807, 2.05) is 0 Å². The molecule has 5 rings (SSSR count). The van der Waals surface area contributed by atoms with E-state index < -0.39 is 104 Å². The molecular formula is C32H32F9NO5S. The van der Waals surface area contributed by atoms with Crippen molar-refractivity contribution >= 4 is 21.7 Å². The number of hydrogen-bond donors (Lipinski definition) is 1. The second-order valence-electron chi connectivity index (χ2n) is 13.1. The maximum absolute atomic E-state index is 16.2. The number of carbonyl (C=O) groups excluding carboxylic acids is 1. The van der Waals surface area contributed by atoms with Crippen molar-refractivity contribution in [2.75, 3.05) is 6.54 Å². The average molecular weight is 714 g/mol. The van der Waals surface area contributed by atoms with Gasteiger partial charge in [0.05, 0.1) is 16.9 Å². The zero-order valence-corrected chi connectivity index (χ0v) is 26.5. The van der Waals surface area contributed by atoms with Gasteiger partial charge in [-0.3, -0.25) is 9.59 Å². The van der Waals surface area contributed by atoms with Crippen LogP contribution in [-0.4, -0.2) is 60.9 Å². The van der Waals surface area contributed by atoms with E-state index in [-0.39, 0.29) is 55.0 Å². The van der Waals surface area contributed by atoms with Gasteiger partial charge in [-0.05, 0) is 85.8 Å². The highest BCUT2D eigenvalue weighted by Gasteiger charge is 2.74. The lowest BCUT2D eigenvalue weighted by molar-refractivity contribution is -0.348. The Morgan fingerprint density at radius 2 is 1.52 bits per heavy atom. The normalized spacial score (nSPS) is 26.7. The van der Waals surface area contributed by atoms with Gasteiger partial charge in [0.1, 0.15) is 10.6 Å². The van der Waals surface area contributed by atoms with Crippen molar-refractivity contribution in [2.45, 2.75) is 104 Å². The number of carboxylic acid groups (broad SMARTS) is 1. The predicted molar refractivity (Wildman–Crippen MR) is 153 cm³/mol. The van der Waals surface area contributed by atoms with Crippen LogP contribution in [0.1, 0.15) is 80.5 Å². The van der Waals surface area contributed by atoms with E-state index in [0.717, 1.165) is 23.1 Å². The van der Waals surface area contributed by atoms with Crippen molar-refractivity contribution in [2.24, 2.45) is 5.92 Å². The molecule has 1 N–H and O–H groups in total. The number of fused-ring (bicyclic) bond motifs is 3. The van der Waals surface area contributed by atoms with E-state index in [1.165, 1.54) is 0 Å². The third-order valence-electron chi connectivity index (χ3n) is 10.2. The first-order valence-electron chi connectivity index (χ1n) is 15.3. The summed E-state index contributed by atoms with van der Waals surface area (Å²) >= 11 is 0. The maximum Gasteiger partial charge on any atom is 0.435 e. The number of likely N-dealkylation sites (tertiary alicyclic amines) is 1. The number of amides is 1. The third kappa shape index (κ3) is 5.27. The standard InChI is InChI=1S/C32H32F9NO5S/c1-17(2)22-16-21(5-7-24(22)33)48(46,47)29-13-14-42(27(45)28(34)11-9-18(10-12-28)26(43)44)25(29)8-3-19-15-20(4-6-23(19)29)30(35,31(36,37)38)32(39,40)41/h4-7,15-18,25H,3,8-14H2,1-2H3,(H,43,44). The van der Waals surface area contributed by atoms with E-state index >= 15 is 8.78 Å². The highest BCUT2D eigenvalue weighted by atomic mass is 32.2. The summed E-state index contributed by atoms with van der Waals surface area (Å²) in [5, 5.41) is 9.31. The topological polar surface area (TPSA) is 91.8 Å². The molecule has 0 radical (unpaired) electrons. The number of aryl methyl sites for hydroxylation is 1. The molecule has 3 aliphatic rings. The van der Waals surface area contributed by atoms with Crippen LogP contribution in [0.15, 0.2) is 41.3 Å². The summed E-state index contributed by atoms with van der Waals surface area (Å²) in [6, 6.07) is 2.80. The number of alkyl halides is 8. The molecule has 1 saturated heterocycles. The maximum atomic E-state index is 16.2. The second kappa shape index (κ2) is 11.7. The fourth-order valence-corrected chi connectivity index (χ4v) is 10.0. The predicted octanol–water partition coefficient (Wildman–Crippen LogP) is 7.44. The summed E-state index contributed by atoms with van der Waals surface area (Å²) < 4.78 is 155. The SMILES string of the molecule is CC(C)c1cc(S(=O)(=O)C23CCN(C(=O)C4(F)CCC(C(=O)O)CC4)C2CCc2cc(C(F)(C(F)(F)F)C(F)(F)F)ccc23)ccc1F. The third-order valence-corrected chi connectivity index (χ3v) is 12.7. The Labute approximate surface area is 270 Å². The van der Waals surface area contributed by atoms with Crippen LogP contribution in [0.3, 0.4) is 0 Å². The minimum absolute atomic E-state index is 0.00296. The molecule has 0 aromatic heterocycles. The van der Waals surface area contributed by atoms with Gasteiger partial charge in [-0.15, -0.1) is 0 Å². The molecule has 2 aliphatic carbocycles. The Morgan fingerprint density at radius 3 is 2.06 bits per heavy atom. The molecule has 2 fully saturated rings. The molecule has 264 valence electrons. The largest absolute Gasteiger partial charge is 0.481 e. The van der Waals surface area contributed by atoms with Crippen molar-refractivity contribution in [3.05, 3.63) is 64.5 Å². The molecule has 2 aromatic rings. The summed E-state index contributed by atoms with van der Waals surface area (Å²) in [7, 11) is -4.79. The minimum Gasteiger partial charge on any atom is -0.481 e. The smallest absolute Gasteiger partial charge is 0.435 e.